The second kappa shape index (κ2) is 8.75. The Morgan fingerprint density at radius 3 is 2.75 bits per heavy atom. The van der Waals surface area contributed by atoms with Crippen LogP contribution in [0.5, 0.6) is 0 Å². The molecule has 1 N–H and O–H groups in total. The number of nitrogens with one attached hydrogen (secondary N) is 1. The maximum atomic E-state index is 5.28. The zero-order valence-electron chi connectivity index (χ0n) is 8.31. The molecule has 0 aliphatic carbocycles. The van der Waals surface area contributed by atoms with E-state index in [1.165, 1.54) is 0 Å². The fourth-order valence-electron chi connectivity index (χ4n) is 1.16. The molecule has 0 radical (unpaired) electrons. The molecule has 2 heteroatoms. The Balaban J connectivity index is 3.40. The topological polar surface area (TPSA) is 21.3 Å². The van der Waals surface area contributed by atoms with Crippen LogP contribution in [0.1, 0.15) is 26.7 Å². The van der Waals surface area contributed by atoms with Gasteiger partial charge in [-0.1, -0.05) is 13.0 Å². The van der Waals surface area contributed by atoms with Crippen molar-refractivity contribution in [3.05, 3.63) is 12.7 Å². The lowest BCUT2D eigenvalue weighted by Gasteiger charge is -2.15. The molecule has 1 atom stereocenters. The van der Waals surface area contributed by atoms with Crippen molar-refractivity contribution in [1.82, 2.24) is 5.32 Å². The molecule has 0 heterocycles. The normalized spacial score (nSPS) is 12.8. The van der Waals surface area contributed by atoms with E-state index in [1.54, 1.807) is 0 Å². The molecule has 72 valence electrons. The van der Waals surface area contributed by atoms with Gasteiger partial charge in [0.2, 0.25) is 0 Å². The molecule has 0 aromatic carbocycles. The average molecular weight is 171 g/mol. The summed E-state index contributed by atoms with van der Waals surface area (Å²) in [6.45, 7) is 10.6. The highest BCUT2D eigenvalue weighted by molar-refractivity contribution is 4.77. The summed E-state index contributed by atoms with van der Waals surface area (Å²) >= 11 is 0. The molecule has 2 nitrogen and oxygen atoms in total. The molecule has 12 heavy (non-hydrogen) atoms. The Hall–Kier alpha value is -0.340. The molecule has 0 fully saturated rings. The second-order valence-electron chi connectivity index (χ2n) is 2.76. The summed E-state index contributed by atoms with van der Waals surface area (Å²) in [7, 11) is 0. The molecule has 0 aromatic heterocycles. The van der Waals surface area contributed by atoms with Gasteiger partial charge in [0, 0.05) is 19.3 Å². The summed E-state index contributed by atoms with van der Waals surface area (Å²) < 4.78 is 5.28. The Morgan fingerprint density at radius 2 is 2.25 bits per heavy atom. The fraction of sp³-hybridized carbons (Fsp3) is 0.800. The number of hydrogen-bond acceptors (Lipinski definition) is 2. The summed E-state index contributed by atoms with van der Waals surface area (Å²) in [5.41, 5.74) is 0. The first kappa shape index (κ1) is 11.7. The van der Waals surface area contributed by atoms with Crippen LogP contribution >= 0.6 is 0 Å². The van der Waals surface area contributed by atoms with Gasteiger partial charge in [-0.05, 0) is 26.3 Å². The van der Waals surface area contributed by atoms with E-state index >= 15 is 0 Å². The summed E-state index contributed by atoms with van der Waals surface area (Å²) in [6, 6.07) is 0.541. The summed E-state index contributed by atoms with van der Waals surface area (Å²) in [5, 5.41) is 3.39. The van der Waals surface area contributed by atoms with E-state index in [-0.39, 0.29) is 0 Å². The van der Waals surface area contributed by atoms with Crippen LogP contribution in [0.3, 0.4) is 0 Å². The number of hydrogen-bond donors (Lipinski definition) is 1. The van der Waals surface area contributed by atoms with Crippen molar-refractivity contribution in [3.8, 4) is 0 Å². The van der Waals surface area contributed by atoms with Gasteiger partial charge in [0.05, 0.1) is 0 Å². The monoisotopic (exact) mass is 171 g/mol. The Morgan fingerprint density at radius 1 is 1.50 bits per heavy atom. The van der Waals surface area contributed by atoms with Crippen molar-refractivity contribution in [2.45, 2.75) is 32.7 Å². The lowest BCUT2D eigenvalue weighted by atomic mass is 10.1. The highest BCUT2D eigenvalue weighted by Gasteiger charge is 2.03. The van der Waals surface area contributed by atoms with Crippen molar-refractivity contribution < 1.29 is 4.74 Å². The first-order chi connectivity index (χ1) is 5.85. The third kappa shape index (κ3) is 6.38. The fourth-order valence-corrected chi connectivity index (χ4v) is 1.16. The summed E-state index contributed by atoms with van der Waals surface area (Å²) in [6.07, 6.45) is 4.06. The first-order valence-corrected chi connectivity index (χ1v) is 4.77. The molecule has 0 aliphatic rings. The van der Waals surface area contributed by atoms with Crippen molar-refractivity contribution >= 4 is 0 Å². The second-order valence-corrected chi connectivity index (χ2v) is 2.76. The quantitative estimate of drug-likeness (QED) is 0.445. The van der Waals surface area contributed by atoms with E-state index in [2.05, 4.69) is 18.8 Å². The Kier molecular flexibility index (Phi) is 8.51. The zero-order valence-corrected chi connectivity index (χ0v) is 8.31. The lowest BCUT2D eigenvalue weighted by molar-refractivity contribution is 0.136. The van der Waals surface area contributed by atoms with Crippen molar-refractivity contribution in [2.75, 3.05) is 19.8 Å². The lowest BCUT2D eigenvalue weighted by Crippen LogP contribution is -2.29. The van der Waals surface area contributed by atoms with E-state index < -0.39 is 0 Å². The molecule has 0 spiro atoms. The predicted octanol–water partition coefficient (Wildman–Crippen LogP) is 1.97. The van der Waals surface area contributed by atoms with Crippen LogP contribution in [0, 0.1) is 0 Å². The molecule has 1 unspecified atom stereocenters. The molecular weight excluding hydrogens is 150 g/mol. The molecular formula is C10H21NO. The predicted molar refractivity (Wildman–Crippen MR) is 53.4 cm³/mol. The first-order valence-electron chi connectivity index (χ1n) is 4.77. The SMILES string of the molecule is C=CCC(CCOCC)NCC. The van der Waals surface area contributed by atoms with Gasteiger partial charge in [-0.2, -0.15) is 0 Å². The van der Waals surface area contributed by atoms with Crippen molar-refractivity contribution in [2.24, 2.45) is 0 Å². The summed E-state index contributed by atoms with van der Waals surface area (Å²) in [5.74, 6) is 0. The van der Waals surface area contributed by atoms with Crippen LogP contribution in [0.25, 0.3) is 0 Å². The van der Waals surface area contributed by atoms with Gasteiger partial charge in [-0.3, -0.25) is 0 Å². The van der Waals surface area contributed by atoms with Crippen LogP contribution < -0.4 is 5.32 Å². The number of rotatable bonds is 8. The van der Waals surface area contributed by atoms with Gasteiger partial charge in [0.25, 0.3) is 0 Å². The third-order valence-corrected chi connectivity index (χ3v) is 1.76. The molecule has 0 amide bonds. The maximum absolute atomic E-state index is 5.28. The minimum absolute atomic E-state index is 0.541. The van der Waals surface area contributed by atoms with E-state index in [0.717, 1.165) is 32.6 Å². The molecule has 0 saturated heterocycles. The van der Waals surface area contributed by atoms with Crippen molar-refractivity contribution in [1.29, 1.82) is 0 Å². The molecule has 0 aliphatic heterocycles. The molecule has 0 saturated carbocycles. The van der Waals surface area contributed by atoms with E-state index in [9.17, 15) is 0 Å². The third-order valence-electron chi connectivity index (χ3n) is 1.76. The minimum Gasteiger partial charge on any atom is -0.382 e. The van der Waals surface area contributed by atoms with E-state index in [4.69, 9.17) is 4.74 Å². The van der Waals surface area contributed by atoms with Crippen molar-refractivity contribution in [3.63, 3.8) is 0 Å². The van der Waals surface area contributed by atoms with E-state index in [1.807, 2.05) is 13.0 Å². The Labute approximate surface area is 76.0 Å². The van der Waals surface area contributed by atoms with Crippen LogP contribution in [-0.2, 0) is 4.74 Å². The van der Waals surface area contributed by atoms with Crippen LogP contribution in [-0.4, -0.2) is 25.8 Å². The van der Waals surface area contributed by atoms with Gasteiger partial charge in [0.1, 0.15) is 0 Å². The van der Waals surface area contributed by atoms with E-state index in [0.29, 0.717) is 6.04 Å². The van der Waals surface area contributed by atoms with Gasteiger partial charge in [-0.25, -0.2) is 0 Å². The average Bonchev–Trinajstić information content (AvgIpc) is 2.06. The highest BCUT2D eigenvalue weighted by Crippen LogP contribution is 1.98. The van der Waals surface area contributed by atoms with Gasteiger partial charge in [0.15, 0.2) is 0 Å². The Bertz CT molecular complexity index is 104. The van der Waals surface area contributed by atoms with Crippen LogP contribution in [0.15, 0.2) is 12.7 Å². The van der Waals surface area contributed by atoms with Gasteiger partial charge >= 0.3 is 0 Å². The van der Waals surface area contributed by atoms with Gasteiger partial charge in [-0.15, -0.1) is 6.58 Å². The standard InChI is InChI=1S/C10H21NO/c1-4-7-10(11-5-2)8-9-12-6-3/h4,10-11H,1,5-9H2,2-3H3. The maximum Gasteiger partial charge on any atom is 0.0480 e. The molecule has 0 bridgehead atoms. The van der Waals surface area contributed by atoms with Crippen LogP contribution in [0.2, 0.25) is 0 Å². The highest BCUT2D eigenvalue weighted by atomic mass is 16.5. The summed E-state index contributed by atoms with van der Waals surface area (Å²) in [4.78, 5) is 0. The van der Waals surface area contributed by atoms with Crippen LogP contribution in [0.4, 0.5) is 0 Å². The molecule has 0 aromatic rings. The van der Waals surface area contributed by atoms with Gasteiger partial charge < -0.3 is 10.1 Å². The smallest absolute Gasteiger partial charge is 0.0480 e. The largest absolute Gasteiger partial charge is 0.382 e. The number of ether oxygens (including phenoxy) is 1. The minimum atomic E-state index is 0.541. The molecule has 0 rings (SSSR count). The zero-order chi connectivity index (χ0) is 9.23.